The second-order valence-corrected chi connectivity index (χ2v) is 5.35. The van der Waals surface area contributed by atoms with E-state index in [0.29, 0.717) is 6.61 Å². The Balaban J connectivity index is 2.25. The van der Waals surface area contributed by atoms with E-state index in [9.17, 15) is 0 Å². The van der Waals surface area contributed by atoms with E-state index in [1.165, 1.54) is 0 Å². The first-order valence-electron chi connectivity index (χ1n) is 6.50. The van der Waals surface area contributed by atoms with Gasteiger partial charge in [0.05, 0.1) is 22.5 Å². The lowest BCUT2D eigenvalue weighted by atomic mass is 10.2. The van der Waals surface area contributed by atoms with Crippen LogP contribution in [0.25, 0.3) is 5.82 Å². The van der Waals surface area contributed by atoms with Crippen LogP contribution in [-0.4, -0.2) is 35.0 Å². The first-order valence-corrected chi connectivity index (χ1v) is 7.30. The molecule has 5 nitrogen and oxygen atoms in total. The van der Waals surface area contributed by atoms with Crippen LogP contribution in [0.15, 0.2) is 22.8 Å². The number of rotatable bonds is 6. The summed E-state index contributed by atoms with van der Waals surface area (Å²) in [5.41, 5.74) is 3.13. The Morgan fingerprint density at radius 3 is 2.85 bits per heavy atom. The molecule has 0 amide bonds. The molecule has 108 valence electrons. The van der Waals surface area contributed by atoms with Crippen LogP contribution in [0.4, 0.5) is 0 Å². The highest BCUT2D eigenvalue weighted by molar-refractivity contribution is 9.10. The molecule has 0 saturated heterocycles. The average molecular weight is 339 g/mol. The first-order chi connectivity index (χ1) is 9.65. The number of hydrogen-bond donors (Lipinski definition) is 1. The number of halogens is 1. The summed E-state index contributed by atoms with van der Waals surface area (Å²) < 4.78 is 7.94. The number of pyridine rings is 1. The van der Waals surface area contributed by atoms with Crippen LogP contribution < -0.4 is 5.32 Å². The van der Waals surface area contributed by atoms with Gasteiger partial charge in [0.2, 0.25) is 0 Å². The van der Waals surface area contributed by atoms with Gasteiger partial charge >= 0.3 is 0 Å². The summed E-state index contributed by atoms with van der Waals surface area (Å²) in [6, 6.07) is 4.00. The van der Waals surface area contributed by atoms with Crippen molar-refractivity contribution < 1.29 is 4.74 Å². The zero-order chi connectivity index (χ0) is 14.5. The molecular formula is C14H19BrN4O. The SMILES string of the molecule is COCCNCc1cccnc1-n1nc(C)c(Br)c1C. The number of aryl methyl sites for hydroxylation is 1. The molecule has 0 saturated carbocycles. The smallest absolute Gasteiger partial charge is 0.158 e. The molecule has 0 atom stereocenters. The van der Waals surface area contributed by atoms with Gasteiger partial charge in [-0.15, -0.1) is 0 Å². The Labute approximate surface area is 127 Å². The molecule has 2 aromatic rings. The van der Waals surface area contributed by atoms with Crippen molar-refractivity contribution in [2.45, 2.75) is 20.4 Å². The topological polar surface area (TPSA) is 52.0 Å². The third-order valence-electron chi connectivity index (χ3n) is 3.07. The largest absolute Gasteiger partial charge is 0.383 e. The monoisotopic (exact) mass is 338 g/mol. The minimum atomic E-state index is 0.695. The maximum Gasteiger partial charge on any atom is 0.158 e. The van der Waals surface area contributed by atoms with Crippen molar-refractivity contribution in [1.29, 1.82) is 0 Å². The van der Waals surface area contributed by atoms with Crippen LogP contribution >= 0.6 is 15.9 Å². The molecule has 6 heteroatoms. The molecule has 20 heavy (non-hydrogen) atoms. The number of hydrogen-bond acceptors (Lipinski definition) is 4. The summed E-state index contributed by atoms with van der Waals surface area (Å²) in [5.74, 6) is 0.865. The van der Waals surface area contributed by atoms with Crippen molar-refractivity contribution in [3.8, 4) is 5.82 Å². The Morgan fingerprint density at radius 2 is 2.20 bits per heavy atom. The first kappa shape index (κ1) is 15.2. The summed E-state index contributed by atoms with van der Waals surface area (Å²) in [6.45, 7) is 6.25. The van der Waals surface area contributed by atoms with E-state index >= 15 is 0 Å². The van der Waals surface area contributed by atoms with E-state index in [0.717, 1.165) is 40.3 Å². The van der Waals surface area contributed by atoms with E-state index in [-0.39, 0.29) is 0 Å². The van der Waals surface area contributed by atoms with Gasteiger partial charge in [-0.1, -0.05) is 6.07 Å². The van der Waals surface area contributed by atoms with Gasteiger partial charge in [-0.25, -0.2) is 9.67 Å². The Kier molecular flexibility index (Phi) is 5.28. The van der Waals surface area contributed by atoms with Crippen LogP contribution in [0.2, 0.25) is 0 Å². The van der Waals surface area contributed by atoms with E-state index < -0.39 is 0 Å². The van der Waals surface area contributed by atoms with Crippen LogP contribution in [0, 0.1) is 13.8 Å². The number of ether oxygens (including phenoxy) is 1. The molecule has 0 radical (unpaired) electrons. The molecule has 0 bridgehead atoms. The summed E-state index contributed by atoms with van der Waals surface area (Å²) in [6.07, 6.45) is 1.79. The molecule has 0 aromatic carbocycles. The molecule has 0 aliphatic heterocycles. The van der Waals surface area contributed by atoms with Gasteiger partial charge in [0, 0.05) is 32.0 Å². The number of methoxy groups -OCH3 is 1. The van der Waals surface area contributed by atoms with Gasteiger partial charge in [0.25, 0.3) is 0 Å². The quantitative estimate of drug-likeness (QED) is 0.821. The van der Waals surface area contributed by atoms with Crippen LogP contribution in [0.1, 0.15) is 17.0 Å². The summed E-state index contributed by atoms with van der Waals surface area (Å²) in [7, 11) is 1.70. The van der Waals surface area contributed by atoms with E-state index in [2.05, 4.69) is 37.4 Å². The lowest BCUT2D eigenvalue weighted by Gasteiger charge is -2.10. The highest BCUT2D eigenvalue weighted by atomic mass is 79.9. The predicted octanol–water partition coefficient (Wildman–Crippen LogP) is 2.38. The van der Waals surface area contributed by atoms with Crippen molar-refractivity contribution in [1.82, 2.24) is 20.1 Å². The van der Waals surface area contributed by atoms with Crippen molar-refractivity contribution in [2.75, 3.05) is 20.3 Å². The van der Waals surface area contributed by atoms with Crippen LogP contribution in [0.3, 0.4) is 0 Å². The fourth-order valence-electron chi connectivity index (χ4n) is 1.99. The third kappa shape index (κ3) is 3.26. The van der Waals surface area contributed by atoms with E-state index in [1.807, 2.05) is 24.6 Å². The molecule has 1 N–H and O–H groups in total. The minimum absolute atomic E-state index is 0.695. The van der Waals surface area contributed by atoms with Gasteiger partial charge < -0.3 is 10.1 Å². The minimum Gasteiger partial charge on any atom is -0.383 e. The maximum atomic E-state index is 5.03. The third-order valence-corrected chi connectivity index (χ3v) is 4.22. The second-order valence-electron chi connectivity index (χ2n) is 4.55. The number of nitrogens with one attached hydrogen (secondary N) is 1. The number of aromatic nitrogens is 3. The Morgan fingerprint density at radius 1 is 1.40 bits per heavy atom. The molecule has 2 heterocycles. The summed E-state index contributed by atoms with van der Waals surface area (Å²) >= 11 is 3.55. The molecule has 0 aliphatic rings. The zero-order valence-corrected chi connectivity index (χ0v) is 13.6. The highest BCUT2D eigenvalue weighted by Gasteiger charge is 2.13. The Hall–Kier alpha value is -1.24. The highest BCUT2D eigenvalue weighted by Crippen LogP contribution is 2.23. The standard InChI is InChI=1S/C14H19BrN4O/c1-10-13(15)11(2)19(18-10)14-12(5-4-6-17-14)9-16-7-8-20-3/h4-6,16H,7-9H2,1-3H3. The van der Waals surface area contributed by atoms with Crippen molar-refractivity contribution >= 4 is 15.9 Å². The van der Waals surface area contributed by atoms with Gasteiger partial charge in [-0.3, -0.25) is 0 Å². The maximum absolute atomic E-state index is 5.03. The Bertz CT molecular complexity index is 583. The van der Waals surface area contributed by atoms with Crippen molar-refractivity contribution in [3.05, 3.63) is 39.8 Å². The zero-order valence-electron chi connectivity index (χ0n) is 12.0. The average Bonchev–Trinajstić information content (AvgIpc) is 2.72. The molecule has 0 unspecified atom stereocenters. The van der Waals surface area contributed by atoms with E-state index in [1.54, 1.807) is 13.3 Å². The van der Waals surface area contributed by atoms with Gasteiger partial charge in [0.1, 0.15) is 0 Å². The normalized spacial score (nSPS) is 11.0. The summed E-state index contributed by atoms with van der Waals surface area (Å²) in [4.78, 5) is 4.47. The lowest BCUT2D eigenvalue weighted by molar-refractivity contribution is 0.199. The van der Waals surface area contributed by atoms with Gasteiger partial charge in [-0.05, 0) is 35.8 Å². The fourth-order valence-corrected chi connectivity index (χ4v) is 2.23. The molecule has 0 spiro atoms. The molecule has 0 fully saturated rings. The second kappa shape index (κ2) is 6.97. The van der Waals surface area contributed by atoms with Crippen LogP contribution in [0.5, 0.6) is 0 Å². The van der Waals surface area contributed by atoms with Crippen LogP contribution in [-0.2, 0) is 11.3 Å². The van der Waals surface area contributed by atoms with Gasteiger partial charge in [-0.2, -0.15) is 5.10 Å². The molecule has 0 aliphatic carbocycles. The molecule has 2 rings (SSSR count). The molecule has 2 aromatic heterocycles. The predicted molar refractivity (Wildman–Crippen MR) is 82.1 cm³/mol. The number of nitrogens with zero attached hydrogens (tertiary/aromatic N) is 3. The van der Waals surface area contributed by atoms with Crippen molar-refractivity contribution in [3.63, 3.8) is 0 Å². The fraction of sp³-hybridized carbons (Fsp3) is 0.429. The van der Waals surface area contributed by atoms with Gasteiger partial charge in [0.15, 0.2) is 5.82 Å². The lowest BCUT2D eigenvalue weighted by Crippen LogP contribution is -2.20. The van der Waals surface area contributed by atoms with E-state index in [4.69, 9.17) is 4.74 Å². The van der Waals surface area contributed by atoms with Crippen molar-refractivity contribution in [2.24, 2.45) is 0 Å². The molecular weight excluding hydrogens is 320 g/mol. The summed E-state index contributed by atoms with van der Waals surface area (Å²) in [5, 5.41) is 7.88.